The van der Waals surface area contributed by atoms with E-state index >= 15 is 0 Å². The van der Waals surface area contributed by atoms with Gasteiger partial charge in [0.25, 0.3) is 0 Å². The predicted molar refractivity (Wildman–Crippen MR) is 67.2 cm³/mol. The minimum Gasteiger partial charge on any atom is -0.507 e. The fourth-order valence-corrected chi connectivity index (χ4v) is 1.61. The number of aromatic hydroxyl groups is 1. The number of carboxylic acid groups (broad SMARTS) is 1. The van der Waals surface area contributed by atoms with E-state index in [1.165, 1.54) is 30.8 Å². The van der Waals surface area contributed by atoms with E-state index in [9.17, 15) is 14.7 Å². The van der Waals surface area contributed by atoms with Crippen molar-refractivity contribution in [3.8, 4) is 5.75 Å². The van der Waals surface area contributed by atoms with E-state index in [4.69, 9.17) is 5.11 Å². The van der Waals surface area contributed by atoms with Gasteiger partial charge in [-0.15, -0.1) is 0 Å². The number of rotatable bonds is 4. The molecule has 2 N–H and O–H groups in total. The number of hydrogen-bond acceptors (Lipinski definition) is 4. The molecule has 0 radical (unpaired) electrons. The molecule has 0 unspecified atom stereocenters. The molecule has 1 rings (SSSR count). The van der Waals surface area contributed by atoms with Crippen LogP contribution < -0.4 is 0 Å². The lowest BCUT2D eigenvalue weighted by atomic mass is 10.1. The molecule has 0 aliphatic carbocycles. The zero-order valence-electron chi connectivity index (χ0n) is 9.21. The van der Waals surface area contributed by atoms with Crippen LogP contribution in [0, 0.1) is 0 Å². The molecule has 0 aliphatic rings. The van der Waals surface area contributed by atoms with E-state index in [-0.39, 0.29) is 16.4 Å². The second kappa shape index (κ2) is 6.10. The average molecular weight is 252 g/mol. The molecule has 0 saturated carbocycles. The summed E-state index contributed by atoms with van der Waals surface area (Å²) in [6.07, 6.45) is 3.48. The van der Waals surface area contributed by atoms with Crippen molar-refractivity contribution in [2.24, 2.45) is 0 Å². The van der Waals surface area contributed by atoms with Crippen molar-refractivity contribution < 1.29 is 19.8 Å². The lowest BCUT2D eigenvalue weighted by Crippen LogP contribution is -1.96. The van der Waals surface area contributed by atoms with E-state index in [0.29, 0.717) is 11.3 Å². The van der Waals surface area contributed by atoms with E-state index in [1.807, 2.05) is 0 Å². The van der Waals surface area contributed by atoms with Gasteiger partial charge in [0.2, 0.25) is 0 Å². The van der Waals surface area contributed by atoms with E-state index in [2.05, 4.69) is 0 Å². The van der Waals surface area contributed by atoms with E-state index < -0.39 is 5.97 Å². The van der Waals surface area contributed by atoms with Crippen molar-refractivity contribution in [2.45, 2.75) is 6.92 Å². The molecule has 0 atom stereocenters. The summed E-state index contributed by atoms with van der Waals surface area (Å²) in [5.74, 6) is -0.887. The largest absolute Gasteiger partial charge is 0.507 e. The van der Waals surface area contributed by atoms with Gasteiger partial charge in [-0.1, -0.05) is 30.0 Å². The van der Waals surface area contributed by atoms with E-state index in [1.54, 1.807) is 18.2 Å². The first-order valence-electron chi connectivity index (χ1n) is 4.87. The highest BCUT2D eigenvalue weighted by atomic mass is 32.2. The van der Waals surface area contributed by atoms with Gasteiger partial charge in [-0.2, -0.15) is 0 Å². The highest BCUT2D eigenvalue weighted by Gasteiger charge is 2.08. The quantitative estimate of drug-likeness (QED) is 0.860. The van der Waals surface area contributed by atoms with Gasteiger partial charge in [0.15, 0.2) is 5.12 Å². The maximum atomic E-state index is 10.8. The normalized spacial score (nSPS) is 10.6. The van der Waals surface area contributed by atoms with E-state index in [0.717, 1.165) is 0 Å². The topological polar surface area (TPSA) is 74.6 Å². The van der Waals surface area contributed by atoms with Crippen LogP contribution in [0.5, 0.6) is 5.75 Å². The van der Waals surface area contributed by atoms with Crippen LogP contribution in [0.1, 0.15) is 22.8 Å². The highest BCUT2D eigenvalue weighted by Crippen LogP contribution is 2.19. The number of benzene rings is 1. The van der Waals surface area contributed by atoms with Crippen LogP contribution in [0.2, 0.25) is 0 Å². The predicted octanol–water partition coefficient (Wildman–Crippen LogP) is 2.38. The molecule has 1 aromatic carbocycles. The van der Waals surface area contributed by atoms with Gasteiger partial charge >= 0.3 is 5.97 Å². The molecule has 4 nitrogen and oxygen atoms in total. The molecule has 0 heterocycles. The van der Waals surface area contributed by atoms with Crippen molar-refractivity contribution in [1.29, 1.82) is 0 Å². The minimum atomic E-state index is -1.17. The molecular formula is C12H12O4S. The molecule has 1 aromatic rings. The number of thioether (sulfide) groups is 1. The van der Waals surface area contributed by atoms with Gasteiger partial charge in [-0.05, 0) is 17.7 Å². The Kier molecular flexibility index (Phi) is 4.78. The van der Waals surface area contributed by atoms with Gasteiger partial charge < -0.3 is 10.2 Å². The molecule has 5 heteroatoms. The lowest BCUT2D eigenvalue weighted by Gasteiger charge is -2.00. The summed E-state index contributed by atoms with van der Waals surface area (Å²) >= 11 is 1.17. The van der Waals surface area contributed by atoms with Crippen molar-refractivity contribution >= 4 is 28.9 Å². The van der Waals surface area contributed by atoms with Gasteiger partial charge in [0, 0.05) is 12.7 Å². The van der Waals surface area contributed by atoms with Crippen LogP contribution in [0.15, 0.2) is 24.3 Å². The summed E-state index contributed by atoms with van der Waals surface area (Å²) in [6.45, 7) is 1.49. The smallest absolute Gasteiger partial charge is 0.339 e. The zero-order chi connectivity index (χ0) is 12.8. The van der Waals surface area contributed by atoms with Crippen LogP contribution in [-0.4, -0.2) is 27.1 Å². The molecule has 0 fully saturated rings. The maximum absolute atomic E-state index is 10.8. The van der Waals surface area contributed by atoms with Crippen LogP contribution in [-0.2, 0) is 4.79 Å². The van der Waals surface area contributed by atoms with Crippen molar-refractivity contribution in [2.75, 3.05) is 5.75 Å². The molecular weight excluding hydrogens is 240 g/mol. The van der Waals surface area contributed by atoms with Gasteiger partial charge in [-0.3, -0.25) is 4.79 Å². The monoisotopic (exact) mass is 252 g/mol. The second-order valence-electron chi connectivity index (χ2n) is 3.29. The third-order valence-corrected chi connectivity index (χ3v) is 2.71. The van der Waals surface area contributed by atoms with Crippen LogP contribution >= 0.6 is 11.8 Å². The highest BCUT2D eigenvalue weighted by molar-refractivity contribution is 8.13. The molecule has 17 heavy (non-hydrogen) atoms. The SMILES string of the molecule is CC(=O)SCC=Cc1ccc(O)c(C(=O)O)c1. The van der Waals surface area contributed by atoms with Gasteiger partial charge in [0.1, 0.15) is 11.3 Å². The minimum absolute atomic E-state index is 0.0339. The molecule has 0 aromatic heterocycles. The number of hydrogen-bond donors (Lipinski definition) is 2. The molecule has 0 saturated heterocycles. The summed E-state index contributed by atoms with van der Waals surface area (Å²) in [5, 5.41) is 18.1. The summed E-state index contributed by atoms with van der Waals surface area (Å²) in [6, 6.07) is 4.32. The Labute approximate surface area is 103 Å². The molecule has 0 spiro atoms. The first-order valence-corrected chi connectivity index (χ1v) is 5.85. The molecule has 0 amide bonds. The first-order chi connectivity index (χ1) is 8.00. The maximum Gasteiger partial charge on any atom is 0.339 e. The number of phenols is 1. The van der Waals surface area contributed by atoms with Crippen molar-refractivity contribution in [3.63, 3.8) is 0 Å². The third-order valence-electron chi connectivity index (χ3n) is 1.94. The number of carbonyl (C=O) groups excluding carboxylic acids is 1. The molecule has 0 aliphatic heterocycles. The molecule has 90 valence electrons. The lowest BCUT2D eigenvalue weighted by molar-refractivity contribution is -0.109. The summed E-state index contributed by atoms with van der Waals surface area (Å²) in [5.41, 5.74) is 0.538. The zero-order valence-corrected chi connectivity index (χ0v) is 10.0. The molecule has 0 bridgehead atoms. The number of aromatic carboxylic acids is 1. The third kappa shape index (κ3) is 4.32. The Morgan fingerprint density at radius 1 is 1.41 bits per heavy atom. The summed E-state index contributed by atoms with van der Waals surface area (Å²) < 4.78 is 0. The van der Waals surface area contributed by atoms with Gasteiger partial charge in [-0.25, -0.2) is 4.79 Å². The van der Waals surface area contributed by atoms with Crippen LogP contribution in [0.4, 0.5) is 0 Å². The Balaban J connectivity index is 2.75. The summed E-state index contributed by atoms with van der Waals surface area (Å²) in [7, 11) is 0. The first kappa shape index (κ1) is 13.3. The number of carboxylic acids is 1. The summed E-state index contributed by atoms with van der Waals surface area (Å²) in [4.78, 5) is 21.4. The van der Waals surface area contributed by atoms with Crippen LogP contribution in [0.3, 0.4) is 0 Å². The van der Waals surface area contributed by atoms with Crippen LogP contribution in [0.25, 0.3) is 6.08 Å². The Morgan fingerprint density at radius 3 is 2.71 bits per heavy atom. The van der Waals surface area contributed by atoms with Crippen molar-refractivity contribution in [3.05, 3.63) is 35.4 Å². The fraction of sp³-hybridized carbons (Fsp3) is 0.167. The average Bonchev–Trinajstić information content (AvgIpc) is 2.25. The standard InChI is InChI=1S/C12H12O4S/c1-8(13)17-6-2-3-9-4-5-11(14)10(7-9)12(15)16/h2-5,7,14H,6H2,1H3,(H,15,16). The van der Waals surface area contributed by atoms with Crippen molar-refractivity contribution in [1.82, 2.24) is 0 Å². The Morgan fingerprint density at radius 2 is 2.12 bits per heavy atom. The Hall–Kier alpha value is -1.75. The fourth-order valence-electron chi connectivity index (χ4n) is 1.18. The number of carbonyl (C=O) groups is 2. The van der Waals surface area contributed by atoms with Gasteiger partial charge in [0.05, 0.1) is 0 Å². The second-order valence-corrected chi connectivity index (χ2v) is 4.48. The Bertz CT molecular complexity index is 466.